The lowest BCUT2D eigenvalue weighted by Gasteiger charge is -2.14. The topological polar surface area (TPSA) is 65.8 Å². The highest BCUT2D eigenvalue weighted by Gasteiger charge is 2.38. The first-order valence-electron chi connectivity index (χ1n) is 4.28. The zero-order valence-electron chi connectivity index (χ0n) is 7.96. The number of nitrogens with one attached hydrogen (secondary N) is 1. The van der Waals surface area contributed by atoms with Gasteiger partial charge in [0.1, 0.15) is 11.8 Å². The Kier molecular flexibility index (Phi) is 1.58. The summed E-state index contributed by atoms with van der Waals surface area (Å²) >= 11 is 0. The summed E-state index contributed by atoms with van der Waals surface area (Å²) in [7, 11) is 0. The van der Waals surface area contributed by atoms with E-state index in [1.54, 1.807) is 6.07 Å². The molecule has 70 valence electrons. The zero-order valence-corrected chi connectivity index (χ0v) is 7.96. The fraction of sp³-hybridized carbons (Fsp3) is 0.300. The molecule has 0 aliphatic carbocycles. The van der Waals surface area contributed by atoms with Crippen LogP contribution in [-0.2, 0) is 10.2 Å². The monoisotopic (exact) mass is 187 g/mol. The maximum atomic E-state index is 11.5. The summed E-state index contributed by atoms with van der Waals surface area (Å²) in [4.78, 5) is 15.4. The Labute approximate surface area is 81.6 Å². The van der Waals surface area contributed by atoms with Crippen LogP contribution >= 0.6 is 0 Å². The number of anilines is 1. The van der Waals surface area contributed by atoms with E-state index in [0.29, 0.717) is 11.4 Å². The molecule has 0 atom stereocenters. The minimum Gasteiger partial charge on any atom is -0.324 e. The molecule has 0 saturated heterocycles. The van der Waals surface area contributed by atoms with Crippen molar-refractivity contribution in [2.75, 3.05) is 5.32 Å². The largest absolute Gasteiger partial charge is 0.324 e. The summed E-state index contributed by atoms with van der Waals surface area (Å²) in [5, 5.41) is 11.4. The van der Waals surface area contributed by atoms with E-state index >= 15 is 0 Å². The summed E-state index contributed by atoms with van der Waals surface area (Å²) in [6, 6.07) is 3.62. The number of fused-ring (bicyclic) bond motifs is 1. The van der Waals surface area contributed by atoms with Crippen molar-refractivity contribution in [2.24, 2.45) is 0 Å². The predicted octanol–water partition coefficient (Wildman–Crippen LogP) is 1.18. The van der Waals surface area contributed by atoms with Crippen LogP contribution in [0.3, 0.4) is 0 Å². The smallest absolute Gasteiger partial charge is 0.234 e. The molecule has 1 amide bonds. The van der Waals surface area contributed by atoms with Gasteiger partial charge < -0.3 is 5.32 Å². The number of pyridine rings is 1. The van der Waals surface area contributed by atoms with Gasteiger partial charge in [-0.25, -0.2) is 4.98 Å². The maximum Gasteiger partial charge on any atom is 0.234 e. The summed E-state index contributed by atoms with van der Waals surface area (Å²) < 4.78 is 0. The number of nitrogens with zero attached hydrogens (tertiary/aromatic N) is 2. The third kappa shape index (κ3) is 0.990. The normalized spacial score (nSPS) is 17.1. The van der Waals surface area contributed by atoms with E-state index in [2.05, 4.69) is 10.3 Å². The van der Waals surface area contributed by atoms with Crippen molar-refractivity contribution in [3.8, 4) is 6.07 Å². The van der Waals surface area contributed by atoms with Crippen molar-refractivity contribution in [1.29, 1.82) is 5.26 Å². The van der Waals surface area contributed by atoms with E-state index in [-0.39, 0.29) is 5.91 Å². The molecule has 1 aromatic heterocycles. The molecule has 0 spiro atoms. The third-order valence-corrected chi connectivity index (χ3v) is 2.51. The van der Waals surface area contributed by atoms with Crippen molar-refractivity contribution < 1.29 is 4.79 Å². The average Bonchev–Trinajstić information content (AvgIpc) is 2.38. The molecule has 0 bridgehead atoms. The molecule has 0 radical (unpaired) electrons. The Hall–Kier alpha value is -1.89. The van der Waals surface area contributed by atoms with Crippen molar-refractivity contribution in [2.45, 2.75) is 19.3 Å². The molecule has 2 rings (SSSR count). The summed E-state index contributed by atoms with van der Waals surface area (Å²) in [5.74, 6) is -0.0515. The van der Waals surface area contributed by atoms with Gasteiger partial charge in [0.05, 0.1) is 17.3 Å². The molecule has 0 saturated carbocycles. The molecule has 1 aromatic rings. The number of carbonyl (C=O) groups is 1. The van der Waals surface area contributed by atoms with Crippen LogP contribution in [0, 0.1) is 11.3 Å². The Balaban J connectivity index is 2.64. The van der Waals surface area contributed by atoms with Crippen molar-refractivity contribution in [3.63, 3.8) is 0 Å². The number of hydrogen-bond donors (Lipinski definition) is 1. The second-order valence-electron chi connectivity index (χ2n) is 3.81. The number of nitriles is 1. The lowest BCUT2D eigenvalue weighted by Crippen LogP contribution is -2.26. The van der Waals surface area contributed by atoms with Crippen molar-refractivity contribution >= 4 is 11.6 Å². The Morgan fingerprint density at radius 3 is 2.93 bits per heavy atom. The van der Waals surface area contributed by atoms with Gasteiger partial charge in [0.2, 0.25) is 5.91 Å². The van der Waals surface area contributed by atoms with Crippen LogP contribution in [0.15, 0.2) is 12.3 Å². The summed E-state index contributed by atoms with van der Waals surface area (Å²) in [5.41, 5.74) is 1.32. The third-order valence-electron chi connectivity index (χ3n) is 2.51. The number of hydrogen-bond acceptors (Lipinski definition) is 3. The lowest BCUT2D eigenvalue weighted by molar-refractivity contribution is -0.119. The van der Waals surface area contributed by atoms with Crippen LogP contribution in [0.4, 0.5) is 5.69 Å². The quantitative estimate of drug-likeness (QED) is 0.663. The minimum absolute atomic E-state index is 0.0515. The average molecular weight is 187 g/mol. The number of carbonyl (C=O) groups excluding carboxylic acids is 1. The van der Waals surface area contributed by atoms with Crippen LogP contribution in [-0.4, -0.2) is 10.9 Å². The molecule has 4 heteroatoms. The standard InChI is InChI=1S/C10H9N3O/c1-10(2)7-3-6(4-11)12-5-8(7)13-9(10)14/h3,5H,1-2H3,(H,13,14). The lowest BCUT2D eigenvalue weighted by atomic mass is 9.86. The van der Waals surface area contributed by atoms with Crippen LogP contribution in [0.25, 0.3) is 0 Å². The summed E-state index contributed by atoms with van der Waals surface area (Å²) in [6.07, 6.45) is 1.53. The van der Waals surface area contributed by atoms with Gasteiger partial charge >= 0.3 is 0 Å². The molecule has 0 unspecified atom stereocenters. The Bertz CT molecular complexity index is 457. The van der Waals surface area contributed by atoms with Gasteiger partial charge in [0.15, 0.2) is 0 Å². The number of aromatic nitrogens is 1. The van der Waals surface area contributed by atoms with E-state index in [9.17, 15) is 4.79 Å². The van der Waals surface area contributed by atoms with Crippen LogP contribution < -0.4 is 5.32 Å². The highest BCUT2D eigenvalue weighted by atomic mass is 16.2. The molecule has 1 aliphatic heterocycles. The van der Waals surface area contributed by atoms with E-state index in [1.807, 2.05) is 19.9 Å². The minimum atomic E-state index is -0.566. The Morgan fingerprint density at radius 1 is 1.57 bits per heavy atom. The predicted molar refractivity (Wildman–Crippen MR) is 50.6 cm³/mol. The first-order chi connectivity index (χ1) is 6.55. The Morgan fingerprint density at radius 2 is 2.29 bits per heavy atom. The maximum absolute atomic E-state index is 11.5. The highest BCUT2D eigenvalue weighted by molar-refractivity contribution is 6.05. The fourth-order valence-corrected chi connectivity index (χ4v) is 1.53. The first-order valence-corrected chi connectivity index (χ1v) is 4.28. The second-order valence-corrected chi connectivity index (χ2v) is 3.81. The van der Waals surface area contributed by atoms with Gasteiger partial charge in [0, 0.05) is 0 Å². The SMILES string of the molecule is CC1(C)C(=O)Nc2cnc(C#N)cc21. The molecule has 0 fully saturated rings. The fourth-order valence-electron chi connectivity index (χ4n) is 1.53. The molecule has 4 nitrogen and oxygen atoms in total. The van der Waals surface area contributed by atoms with Crippen LogP contribution in [0.1, 0.15) is 25.1 Å². The molecule has 0 aromatic carbocycles. The van der Waals surface area contributed by atoms with E-state index in [4.69, 9.17) is 5.26 Å². The summed E-state index contributed by atoms with van der Waals surface area (Å²) in [6.45, 7) is 3.66. The van der Waals surface area contributed by atoms with Crippen LogP contribution in [0.5, 0.6) is 0 Å². The molecule has 1 aliphatic rings. The van der Waals surface area contributed by atoms with Crippen LogP contribution in [0.2, 0.25) is 0 Å². The van der Waals surface area contributed by atoms with Gasteiger partial charge in [-0.3, -0.25) is 4.79 Å². The number of amides is 1. The number of rotatable bonds is 0. The van der Waals surface area contributed by atoms with Gasteiger partial charge in [-0.2, -0.15) is 5.26 Å². The van der Waals surface area contributed by atoms with Gasteiger partial charge in [0.25, 0.3) is 0 Å². The first kappa shape index (κ1) is 8.70. The highest BCUT2D eigenvalue weighted by Crippen LogP contribution is 2.36. The van der Waals surface area contributed by atoms with Crippen molar-refractivity contribution in [1.82, 2.24) is 4.98 Å². The van der Waals surface area contributed by atoms with Crippen molar-refractivity contribution in [3.05, 3.63) is 23.5 Å². The van der Waals surface area contributed by atoms with Gasteiger partial charge in [-0.1, -0.05) is 0 Å². The van der Waals surface area contributed by atoms with E-state index in [0.717, 1.165) is 5.56 Å². The molecule has 14 heavy (non-hydrogen) atoms. The van der Waals surface area contributed by atoms with Gasteiger partial charge in [-0.05, 0) is 25.5 Å². The van der Waals surface area contributed by atoms with E-state index < -0.39 is 5.41 Å². The molecule has 1 N–H and O–H groups in total. The molecular weight excluding hydrogens is 178 g/mol. The van der Waals surface area contributed by atoms with E-state index in [1.165, 1.54) is 6.20 Å². The zero-order chi connectivity index (χ0) is 10.3. The van der Waals surface area contributed by atoms with Gasteiger partial charge in [-0.15, -0.1) is 0 Å². The molecular formula is C10H9N3O. The second kappa shape index (κ2) is 2.55. The molecule has 2 heterocycles.